The second-order valence-electron chi connectivity index (χ2n) is 6.66. The first-order chi connectivity index (χ1) is 15.4. The molecule has 1 aromatic heterocycles. The Morgan fingerprint density at radius 3 is 2.33 bits per heavy atom. The zero-order valence-electron chi connectivity index (χ0n) is 16.8. The number of hydrogen-bond acceptors (Lipinski definition) is 5. The summed E-state index contributed by atoms with van der Waals surface area (Å²) >= 11 is 5.99. The summed E-state index contributed by atoms with van der Waals surface area (Å²) in [4.78, 5) is 14.4. The highest BCUT2D eigenvalue weighted by Gasteiger charge is 2.35. The minimum Gasteiger partial charge on any atom is -0.465 e. The van der Waals surface area contributed by atoms with Gasteiger partial charge in [-0.3, -0.25) is 0 Å². The average Bonchev–Trinajstić information content (AvgIpc) is 2.77. The third-order valence-electron chi connectivity index (χ3n) is 4.48. The number of rotatable bonds is 6. The molecule has 0 unspecified atom stereocenters. The minimum absolute atomic E-state index is 0.228. The van der Waals surface area contributed by atoms with Gasteiger partial charge in [-0.25, -0.2) is 26.9 Å². The summed E-state index contributed by atoms with van der Waals surface area (Å²) in [5.74, 6) is -2.67. The predicted octanol–water partition coefficient (Wildman–Crippen LogP) is 5.08. The molecular weight excluding hydrogens is 488 g/mol. The van der Waals surface area contributed by atoms with E-state index in [1.54, 1.807) is 30.3 Å². The van der Waals surface area contributed by atoms with Crippen molar-refractivity contribution in [1.82, 2.24) is 4.98 Å². The fourth-order valence-electron chi connectivity index (χ4n) is 2.87. The molecule has 6 nitrogen and oxygen atoms in total. The van der Waals surface area contributed by atoms with Gasteiger partial charge >= 0.3 is 12.1 Å². The van der Waals surface area contributed by atoms with Gasteiger partial charge in [0.2, 0.25) is 0 Å². The average molecular weight is 503 g/mol. The van der Waals surface area contributed by atoms with Crippen molar-refractivity contribution >= 4 is 33.4 Å². The highest BCUT2D eigenvalue weighted by atomic mass is 35.5. The van der Waals surface area contributed by atoms with Gasteiger partial charge in [0, 0.05) is 6.20 Å². The molecule has 0 aliphatic rings. The summed E-state index contributed by atoms with van der Waals surface area (Å²) in [6.07, 6.45) is -4.32. The Morgan fingerprint density at radius 1 is 1.12 bits per heavy atom. The summed E-state index contributed by atoms with van der Waals surface area (Å²) in [6.45, 7) is -0.403. The third kappa shape index (κ3) is 5.25. The molecule has 0 N–H and O–H groups in total. The maximum atomic E-state index is 14.8. The quantitative estimate of drug-likeness (QED) is 0.347. The van der Waals surface area contributed by atoms with E-state index in [0.717, 1.165) is 19.2 Å². The summed E-state index contributed by atoms with van der Waals surface area (Å²) < 4.78 is 85.7. The molecule has 0 amide bonds. The minimum atomic E-state index is -4.76. The number of hydrogen-bond donors (Lipinski definition) is 0. The van der Waals surface area contributed by atoms with Crippen molar-refractivity contribution in [3.8, 4) is 0 Å². The van der Waals surface area contributed by atoms with Crippen LogP contribution in [0.3, 0.4) is 0 Å². The lowest BCUT2D eigenvalue weighted by atomic mass is 10.2. The van der Waals surface area contributed by atoms with Crippen LogP contribution in [0, 0.1) is 5.82 Å². The van der Waals surface area contributed by atoms with Crippen molar-refractivity contribution in [1.29, 1.82) is 0 Å². The molecule has 33 heavy (non-hydrogen) atoms. The van der Waals surface area contributed by atoms with Crippen LogP contribution in [0.4, 0.5) is 23.4 Å². The number of esters is 1. The number of halogens is 5. The van der Waals surface area contributed by atoms with Crippen molar-refractivity contribution in [2.45, 2.75) is 17.6 Å². The lowest BCUT2D eigenvalue weighted by Gasteiger charge is -2.25. The summed E-state index contributed by atoms with van der Waals surface area (Å²) in [7, 11) is -3.65. The molecule has 0 atom stereocenters. The Morgan fingerprint density at radius 2 is 1.79 bits per heavy atom. The second-order valence-corrected chi connectivity index (χ2v) is 8.90. The Kier molecular flexibility index (Phi) is 6.94. The van der Waals surface area contributed by atoms with Gasteiger partial charge in [-0.05, 0) is 29.8 Å². The van der Waals surface area contributed by atoms with Crippen LogP contribution in [-0.2, 0) is 27.5 Å². The standard InChI is InChI=1S/C21H15ClF4N2O4S/c1-32-20(29)14-7-8-18(17(23)9-14)33(30,31)28(12-13-5-3-2-4-6-13)19-16(22)10-15(11-27-19)21(24,25)26/h2-11H,12H2,1H3. The number of anilines is 1. The lowest BCUT2D eigenvalue weighted by molar-refractivity contribution is -0.137. The molecule has 2 aromatic carbocycles. The second kappa shape index (κ2) is 9.36. The van der Waals surface area contributed by atoms with Crippen LogP contribution in [0.1, 0.15) is 21.5 Å². The highest BCUT2D eigenvalue weighted by Crippen LogP contribution is 2.36. The lowest BCUT2D eigenvalue weighted by Crippen LogP contribution is -2.32. The molecule has 0 spiro atoms. The molecule has 0 fully saturated rings. The Hall–Kier alpha value is -3.18. The molecule has 0 saturated heterocycles. The first kappa shape index (κ1) is 24.5. The van der Waals surface area contributed by atoms with Gasteiger partial charge in [-0.15, -0.1) is 0 Å². The van der Waals surface area contributed by atoms with Crippen molar-refractivity contribution in [3.05, 3.63) is 88.3 Å². The van der Waals surface area contributed by atoms with Gasteiger partial charge in [0.05, 0.1) is 29.8 Å². The van der Waals surface area contributed by atoms with E-state index in [1.165, 1.54) is 0 Å². The van der Waals surface area contributed by atoms with Crippen LogP contribution in [0.25, 0.3) is 0 Å². The number of pyridine rings is 1. The molecular formula is C21H15ClF4N2O4S. The van der Waals surface area contributed by atoms with Gasteiger partial charge in [-0.1, -0.05) is 41.9 Å². The number of ether oxygens (including phenoxy) is 1. The molecule has 12 heteroatoms. The molecule has 0 aliphatic carbocycles. The van der Waals surface area contributed by atoms with Crippen molar-refractivity contribution < 1.29 is 35.5 Å². The smallest absolute Gasteiger partial charge is 0.417 e. The fourth-order valence-corrected chi connectivity index (χ4v) is 4.66. The Labute approximate surface area is 191 Å². The molecule has 1 heterocycles. The molecule has 3 rings (SSSR count). The van der Waals surface area contributed by atoms with E-state index in [1.807, 2.05) is 0 Å². The number of aromatic nitrogens is 1. The SMILES string of the molecule is COC(=O)c1ccc(S(=O)(=O)N(Cc2ccccc2)c2ncc(C(F)(F)F)cc2Cl)c(F)c1. The highest BCUT2D eigenvalue weighted by molar-refractivity contribution is 7.92. The van der Waals surface area contributed by atoms with Crippen LogP contribution < -0.4 is 4.31 Å². The number of sulfonamides is 1. The van der Waals surface area contributed by atoms with Crippen LogP contribution >= 0.6 is 11.6 Å². The van der Waals surface area contributed by atoms with E-state index < -0.39 is 55.8 Å². The van der Waals surface area contributed by atoms with Gasteiger partial charge in [0.15, 0.2) is 5.82 Å². The zero-order valence-corrected chi connectivity index (χ0v) is 18.4. The largest absolute Gasteiger partial charge is 0.465 e. The number of benzene rings is 2. The van der Waals surface area contributed by atoms with E-state index in [2.05, 4.69) is 9.72 Å². The Balaban J connectivity index is 2.15. The molecule has 0 saturated carbocycles. The van der Waals surface area contributed by atoms with E-state index in [0.29, 0.717) is 28.2 Å². The van der Waals surface area contributed by atoms with Gasteiger partial charge < -0.3 is 4.74 Å². The zero-order chi connectivity index (χ0) is 24.4. The van der Waals surface area contributed by atoms with Gasteiger partial charge in [0.1, 0.15) is 10.7 Å². The van der Waals surface area contributed by atoms with Crippen LogP contribution in [0.2, 0.25) is 5.02 Å². The summed E-state index contributed by atoms with van der Waals surface area (Å²) in [5, 5.41) is -0.601. The fraction of sp³-hybridized carbons (Fsp3) is 0.143. The monoisotopic (exact) mass is 502 g/mol. The van der Waals surface area contributed by atoms with Crippen molar-refractivity contribution in [2.24, 2.45) is 0 Å². The molecule has 3 aromatic rings. The number of nitrogens with zero attached hydrogens (tertiary/aromatic N) is 2. The van der Waals surface area contributed by atoms with E-state index >= 15 is 0 Å². The predicted molar refractivity (Wildman–Crippen MR) is 112 cm³/mol. The van der Waals surface area contributed by atoms with Crippen molar-refractivity contribution in [2.75, 3.05) is 11.4 Å². The topological polar surface area (TPSA) is 76.6 Å². The van der Waals surface area contributed by atoms with E-state index in [-0.39, 0.29) is 5.56 Å². The first-order valence-electron chi connectivity index (χ1n) is 9.12. The molecule has 174 valence electrons. The summed E-state index contributed by atoms with van der Waals surface area (Å²) in [5.41, 5.74) is -0.971. The number of methoxy groups -OCH3 is 1. The molecule has 0 bridgehead atoms. The molecule has 0 radical (unpaired) electrons. The summed E-state index contributed by atoms with van der Waals surface area (Å²) in [6, 6.07) is 11.2. The number of alkyl halides is 3. The van der Waals surface area contributed by atoms with Crippen LogP contribution in [0.5, 0.6) is 0 Å². The van der Waals surface area contributed by atoms with Crippen molar-refractivity contribution in [3.63, 3.8) is 0 Å². The van der Waals surface area contributed by atoms with Crippen LogP contribution in [-0.4, -0.2) is 26.5 Å². The maximum Gasteiger partial charge on any atom is 0.417 e. The Bertz CT molecular complexity index is 1290. The van der Waals surface area contributed by atoms with E-state index in [4.69, 9.17) is 11.6 Å². The third-order valence-corrected chi connectivity index (χ3v) is 6.52. The molecule has 0 aliphatic heterocycles. The number of carbonyl (C=O) groups excluding carboxylic acids is 1. The van der Waals surface area contributed by atoms with Gasteiger partial charge in [-0.2, -0.15) is 13.2 Å². The number of carbonyl (C=O) groups is 1. The van der Waals surface area contributed by atoms with E-state index in [9.17, 15) is 30.8 Å². The normalized spacial score (nSPS) is 11.8. The first-order valence-corrected chi connectivity index (χ1v) is 10.9. The maximum absolute atomic E-state index is 14.8. The van der Waals surface area contributed by atoms with Crippen LogP contribution in [0.15, 0.2) is 65.7 Å². The van der Waals surface area contributed by atoms with Gasteiger partial charge in [0.25, 0.3) is 10.0 Å².